The minimum absolute atomic E-state index is 0. The molecule has 0 aromatic heterocycles. The van der Waals surface area contributed by atoms with Crippen LogP contribution < -0.4 is 51.4 Å². The molecule has 110 valence electrons. The number of likely N-dealkylation sites (tertiary alicyclic amines) is 1. The van der Waals surface area contributed by atoms with Gasteiger partial charge in [-0.2, -0.15) is 0 Å². The Morgan fingerprint density at radius 3 is 2.15 bits per heavy atom. The molecule has 0 N–H and O–H groups in total. The van der Waals surface area contributed by atoms with Gasteiger partial charge in [0.25, 0.3) is 0 Å². The first kappa shape index (κ1) is 20.5. The van der Waals surface area contributed by atoms with Gasteiger partial charge in [-0.1, -0.05) is 0 Å². The van der Waals surface area contributed by atoms with E-state index in [1.165, 1.54) is 6.08 Å². The summed E-state index contributed by atoms with van der Waals surface area (Å²) in [4.78, 5) is 13.3. The predicted octanol–water partition coefficient (Wildman–Crippen LogP) is 0.580. The van der Waals surface area contributed by atoms with Gasteiger partial charge >= 0.3 is 64.5 Å². The zero-order valence-electron chi connectivity index (χ0n) is 12.5. The monoisotopic (exact) mass is 317 g/mol. The average Bonchev–Trinajstić information content (AvgIpc) is 2.23. The van der Waals surface area contributed by atoms with Crippen molar-refractivity contribution in [1.82, 2.24) is 4.90 Å². The quantitative estimate of drug-likeness (QED) is 0.698. The van der Waals surface area contributed by atoms with Crippen LogP contribution in [0.15, 0.2) is 12.1 Å². The van der Waals surface area contributed by atoms with E-state index in [4.69, 9.17) is 4.74 Å². The summed E-state index contributed by atoms with van der Waals surface area (Å²) < 4.78 is 41.5. The maximum absolute atomic E-state index is 12.1. The van der Waals surface area contributed by atoms with Crippen molar-refractivity contribution in [3.05, 3.63) is 12.1 Å². The normalized spacial score (nSPS) is 18.0. The van der Waals surface area contributed by atoms with E-state index < -0.39 is 18.7 Å². The summed E-state index contributed by atoms with van der Waals surface area (Å²) in [5.74, 6) is 0.232. The van der Waals surface area contributed by atoms with Crippen LogP contribution in [0.5, 0.6) is 0 Å². The summed E-state index contributed by atoms with van der Waals surface area (Å²) in [6.45, 7) is 1.37. The summed E-state index contributed by atoms with van der Waals surface area (Å²) in [6.07, 6.45) is 1.91. The van der Waals surface area contributed by atoms with E-state index in [0.717, 1.165) is 0 Å². The topological polar surface area (TPSA) is 29.5 Å². The zero-order chi connectivity index (χ0) is 14.7. The maximum Gasteiger partial charge on any atom is 1.00 e. The van der Waals surface area contributed by atoms with Crippen LogP contribution in [-0.4, -0.2) is 36.7 Å². The molecule has 0 radical (unpaired) electrons. The molecule has 0 saturated carbocycles. The minimum Gasteiger partial charge on any atom is -0.445 e. The van der Waals surface area contributed by atoms with E-state index in [1.807, 2.05) is 0 Å². The Balaban J connectivity index is 0.00000361. The Morgan fingerprint density at radius 1 is 1.25 bits per heavy atom. The molecule has 0 spiro atoms. The number of carbonyl (C=O) groups is 1. The SMILES string of the molecule is CC(C)(C)OC(=O)N1CCC(/C=C/[B-](F)(F)F)CC1.[K+]. The van der Waals surface area contributed by atoms with Gasteiger partial charge < -0.3 is 22.6 Å². The number of piperidine rings is 1. The number of allylic oxidation sites excluding steroid dienone is 1. The third-order valence-electron chi connectivity index (χ3n) is 2.79. The van der Waals surface area contributed by atoms with Crippen LogP contribution in [0.4, 0.5) is 17.7 Å². The van der Waals surface area contributed by atoms with Gasteiger partial charge in [-0.05, 0) is 39.5 Å². The Hall–Kier alpha value is 0.501. The molecule has 1 fully saturated rings. The molecule has 8 heteroatoms. The van der Waals surface area contributed by atoms with Gasteiger partial charge in [-0.25, -0.2) is 4.79 Å². The standard InChI is InChI=1S/C12H20BF3NO2.K/c1-12(2,3)19-11(18)17-8-5-10(6-9-17)4-7-13(14,15)16;/h4,7,10H,5-6,8-9H2,1-3H3;/q-1;+1/b7-4+;. The van der Waals surface area contributed by atoms with Crippen LogP contribution in [0.1, 0.15) is 33.6 Å². The third kappa shape index (κ3) is 8.71. The Labute approximate surface area is 160 Å². The van der Waals surface area contributed by atoms with Gasteiger partial charge in [-0.15, -0.1) is 12.1 Å². The van der Waals surface area contributed by atoms with Gasteiger partial charge in [0.05, 0.1) is 0 Å². The second-order valence-electron chi connectivity index (χ2n) is 5.82. The second-order valence-corrected chi connectivity index (χ2v) is 5.82. The van der Waals surface area contributed by atoms with Crippen molar-refractivity contribution in [2.45, 2.75) is 39.2 Å². The van der Waals surface area contributed by atoms with Crippen LogP contribution in [-0.2, 0) is 4.74 Å². The maximum atomic E-state index is 12.1. The van der Waals surface area contributed by atoms with Gasteiger partial charge in [0.1, 0.15) is 5.60 Å². The Bertz CT molecular complexity index is 348. The van der Waals surface area contributed by atoms with Crippen molar-refractivity contribution in [3.63, 3.8) is 0 Å². The van der Waals surface area contributed by atoms with E-state index in [2.05, 4.69) is 0 Å². The molecule has 0 bridgehead atoms. The molecule has 20 heavy (non-hydrogen) atoms. The van der Waals surface area contributed by atoms with E-state index in [0.29, 0.717) is 31.9 Å². The van der Waals surface area contributed by atoms with Gasteiger partial charge in [0, 0.05) is 13.1 Å². The molecule has 1 saturated heterocycles. The van der Waals surface area contributed by atoms with E-state index >= 15 is 0 Å². The largest absolute Gasteiger partial charge is 1.00 e. The molecule has 1 aliphatic rings. The van der Waals surface area contributed by atoms with Crippen molar-refractivity contribution >= 4 is 13.1 Å². The molecule has 0 atom stereocenters. The van der Waals surface area contributed by atoms with Gasteiger partial charge in [0.2, 0.25) is 0 Å². The van der Waals surface area contributed by atoms with Crippen molar-refractivity contribution in [2.24, 2.45) is 5.92 Å². The van der Waals surface area contributed by atoms with Crippen molar-refractivity contribution in [1.29, 1.82) is 0 Å². The van der Waals surface area contributed by atoms with E-state index in [9.17, 15) is 17.7 Å². The summed E-state index contributed by atoms with van der Waals surface area (Å²) >= 11 is 0. The van der Waals surface area contributed by atoms with Crippen molar-refractivity contribution in [3.8, 4) is 0 Å². The van der Waals surface area contributed by atoms with Gasteiger partial charge in [-0.3, -0.25) is 0 Å². The fourth-order valence-electron chi connectivity index (χ4n) is 1.88. The average molecular weight is 317 g/mol. The molecule has 0 unspecified atom stereocenters. The zero-order valence-corrected chi connectivity index (χ0v) is 15.7. The number of rotatable bonds is 2. The number of halogens is 3. The van der Waals surface area contributed by atoms with E-state index in [1.54, 1.807) is 25.7 Å². The van der Waals surface area contributed by atoms with Gasteiger partial charge in [0.15, 0.2) is 0 Å². The molecular weight excluding hydrogens is 297 g/mol. The van der Waals surface area contributed by atoms with Crippen molar-refractivity contribution < 1.29 is 73.9 Å². The smallest absolute Gasteiger partial charge is 0.445 e. The molecule has 1 heterocycles. The first-order chi connectivity index (χ1) is 8.57. The summed E-state index contributed by atoms with van der Waals surface area (Å²) in [7, 11) is 0. The summed E-state index contributed by atoms with van der Waals surface area (Å²) in [5, 5.41) is 0. The molecule has 0 aromatic rings. The van der Waals surface area contributed by atoms with Crippen LogP contribution in [0.25, 0.3) is 0 Å². The fraction of sp³-hybridized carbons (Fsp3) is 0.750. The fourth-order valence-corrected chi connectivity index (χ4v) is 1.88. The molecule has 3 nitrogen and oxygen atoms in total. The molecular formula is C12H20BF3KNO2. The summed E-state index contributed by atoms with van der Waals surface area (Å²) in [6, 6.07) is 0. The number of amides is 1. The van der Waals surface area contributed by atoms with Crippen LogP contribution >= 0.6 is 0 Å². The Kier molecular flexibility index (Phi) is 8.42. The number of hydrogen-bond acceptors (Lipinski definition) is 2. The van der Waals surface area contributed by atoms with Crippen LogP contribution in [0.2, 0.25) is 0 Å². The number of hydrogen-bond donors (Lipinski definition) is 0. The molecule has 0 aliphatic carbocycles. The predicted molar refractivity (Wildman–Crippen MR) is 68.7 cm³/mol. The van der Waals surface area contributed by atoms with Crippen LogP contribution in [0.3, 0.4) is 0 Å². The number of ether oxygens (including phenoxy) is 1. The van der Waals surface area contributed by atoms with E-state index in [-0.39, 0.29) is 57.3 Å². The van der Waals surface area contributed by atoms with Crippen molar-refractivity contribution in [2.75, 3.05) is 13.1 Å². The molecule has 1 aliphatic heterocycles. The molecule has 1 rings (SSSR count). The molecule has 0 aromatic carbocycles. The van der Waals surface area contributed by atoms with Crippen LogP contribution in [0, 0.1) is 5.92 Å². The second kappa shape index (κ2) is 8.22. The molecule has 1 amide bonds. The number of nitrogens with zero attached hydrogens (tertiary/aromatic N) is 1. The number of carbonyl (C=O) groups excluding carboxylic acids is 1. The summed E-state index contributed by atoms with van der Waals surface area (Å²) in [5.41, 5.74) is -0.549. The Morgan fingerprint density at radius 2 is 1.75 bits per heavy atom. The third-order valence-corrected chi connectivity index (χ3v) is 2.79. The minimum atomic E-state index is -4.86. The first-order valence-electron chi connectivity index (χ1n) is 6.44. The first-order valence-corrected chi connectivity index (χ1v) is 6.44.